The fourth-order valence-corrected chi connectivity index (χ4v) is 1.70. The first-order valence-electron chi connectivity index (χ1n) is 6.38. The van der Waals surface area contributed by atoms with Gasteiger partial charge in [-0.15, -0.1) is 0 Å². The Kier molecular flexibility index (Phi) is 4.94. The molecular formula is C15H17N3O2. The number of carbonyl (C=O) groups is 1. The maximum atomic E-state index is 11.6. The summed E-state index contributed by atoms with van der Waals surface area (Å²) in [6, 6.07) is 10.9. The number of para-hydroxylation sites is 2. The first-order valence-corrected chi connectivity index (χ1v) is 6.38. The molecule has 2 aromatic rings. The average molecular weight is 271 g/mol. The molecule has 0 aliphatic heterocycles. The van der Waals surface area contributed by atoms with Gasteiger partial charge in [0.15, 0.2) is 6.61 Å². The highest BCUT2D eigenvalue weighted by Crippen LogP contribution is 2.19. The number of nitrogen functional groups attached to an aromatic ring is 1. The van der Waals surface area contributed by atoms with Crippen molar-refractivity contribution >= 4 is 11.6 Å². The number of nitrogens with one attached hydrogen (secondary N) is 1. The molecule has 104 valence electrons. The Hall–Kier alpha value is -2.56. The van der Waals surface area contributed by atoms with Crippen molar-refractivity contribution in [3.05, 3.63) is 54.4 Å². The highest BCUT2D eigenvalue weighted by molar-refractivity contribution is 5.77. The summed E-state index contributed by atoms with van der Waals surface area (Å²) in [5.41, 5.74) is 7.38. The number of benzene rings is 1. The van der Waals surface area contributed by atoms with Gasteiger partial charge in [-0.1, -0.05) is 12.1 Å². The normalized spacial score (nSPS) is 10.0. The van der Waals surface area contributed by atoms with Crippen LogP contribution >= 0.6 is 0 Å². The summed E-state index contributed by atoms with van der Waals surface area (Å²) in [5.74, 6) is 0.360. The minimum Gasteiger partial charge on any atom is -0.482 e. The predicted molar refractivity (Wildman–Crippen MR) is 77.3 cm³/mol. The van der Waals surface area contributed by atoms with Gasteiger partial charge in [-0.25, -0.2) is 0 Å². The van der Waals surface area contributed by atoms with Gasteiger partial charge in [-0.2, -0.15) is 0 Å². The molecule has 1 aromatic heterocycles. The van der Waals surface area contributed by atoms with Crippen molar-refractivity contribution in [1.29, 1.82) is 0 Å². The molecule has 1 aromatic carbocycles. The SMILES string of the molecule is Nc1ccccc1OCC(=O)NCCc1ccncc1. The molecule has 2 rings (SSSR count). The Morgan fingerprint density at radius 3 is 2.70 bits per heavy atom. The number of ether oxygens (including phenoxy) is 1. The van der Waals surface area contributed by atoms with Crippen molar-refractivity contribution < 1.29 is 9.53 Å². The van der Waals surface area contributed by atoms with Crippen LogP contribution in [0, 0.1) is 0 Å². The van der Waals surface area contributed by atoms with E-state index in [-0.39, 0.29) is 12.5 Å². The van der Waals surface area contributed by atoms with Gasteiger partial charge >= 0.3 is 0 Å². The number of rotatable bonds is 6. The number of pyridine rings is 1. The Bertz CT molecular complexity index is 558. The van der Waals surface area contributed by atoms with Crippen molar-refractivity contribution in [1.82, 2.24) is 10.3 Å². The summed E-state index contributed by atoms with van der Waals surface area (Å²) >= 11 is 0. The molecule has 0 radical (unpaired) electrons. The molecule has 0 bridgehead atoms. The molecule has 0 fully saturated rings. The van der Waals surface area contributed by atoms with Gasteiger partial charge in [0.2, 0.25) is 0 Å². The lowest BCUT2D eigenvalue weighted by molar-refractivity contribution is -0.123. The number of amides is 1. The summed E-state index contributed by atoms with van der Waals surface area (Å²) < 4.78 is 5.35. The van der Waals surface area contributed by atoms with Gasteiger partial charge in [0.25, 0.3) is 5.91 Å². The lowest BCUT2D eigenvalue weighted by Gasteiger charge is -2.09. The van der Waals surface area contributed by atoms with Crippen molar-refractivity contribution in [3.63, 3.8) is 0 Å². The molecule has 0 saturated carbocycles. The number of hydrogen-bond donors (Lipinski definition) is 2. The standard InChI is InChI=1S/C15H17N3O2/c16-13-3-1-2-4-14(13)20-11-15(19)18-10-7-12-5-8-17-9-6-12/h1-6,8-9H,7,10-11,16H2,(H,18,19). The zero-order valence-electron chi connectivity index (χ0n) is 11.1. The summed E-state index contributed by atoms with van der Waals surface area (Å²) in [5, 5.41) is 2.80. The Morgan fingerprint density at radius 2 is 1.95 bits per heavy atom. The van der Waals surface area contributed by atoms with Crippen molar-refractivity contribution in [2.75, 3.05) is 18.9 Å². The third kappa shape index (κ3) is 4.28. The second-order valence-corrected chi connectivity index (χ2v) is 4.28. The Morgan fingerprint density at radius 1 is 1.20 bits per heavy atom. The van der Waals surface area contributed by atoms with Crippen LogP contribution in [0.25, 0.3) is 0 Å². The van der Waals surface area contributed by atoms with Crippen LogP contribution < -0.4 is 15.8 Å². The highest BCUT2D eigenvalue weighted by Gasteiger charge is 2.04. The lowest BCUT2D eigenvalue weighted by atomic mass is 10.2. The molecule has 1 heterocycles. The van der Waals surface area contributed by atoms with Crippen LogP contribution in [0.1, 0.15) is 5.56 Å². The van der Waals surface area contributed by atoms with Crippen LogP contribution in [0.5, 0.6) is 5.75 Å². The quantitative estimate of drug-likeness (QED) is 0.779. The van der Waals surface area contributed by atoms with Crippen molar-refractivity contribution in [2.45, 2.75) is 6.42 Å². The predicted octanol–water partition coefficient (Wildman–Crippen LogP) is 1.40. The average Bonchev–Trinajstić information content (AvgIpc) is 2.47. The topological polar surface area (TPSA) is 77.2 Å². The number of hydrogen-bond acceptors (Lipinski definition) is 4. The van der Waals surface area contributed by atoms with E-state index in [0.717, 1.165) is 12.0 Å². The van der Waals surface area contributed by atoms with Crippen molar-refractivity contribution in [2.24, 2.45) is 0 Å². The van der Waals surface area contributed by atoms with E-state index in [9.17, 15) is 4.79 Å². The smallest absolute Gasteiger partial charge is 0.257 e. The van der Waals surface area contributed by atoms with Gasteiger partial charge in [0.05, 0.1) is 5.69 Å². The van der Waals surface area contributed by atoms with E-state index in [1.54, 1.807) is 24.5 Å². The molecule has 0 saturated heterocycles. The minimum atomic E-state index is -0.165. The maximum absolute atomic E-state index is 11.6. The molecule has 1 amide bonds. The van der Waals surface area contributed by atoms with Gasteiger partial charge in [0.1, 0.15) is 5.75 Å². The molecule has 5 nitrogen and oxygen atoms in total. The van der Waals surface area contributed by atoms with Crippen LogP contribution in [0.4, 0.5) is 5.69 Å². The number of nitrogens with zero attached hydrogens (tertiary/aromatic N) is 1. The van der Waals surface area contributed by atoms with Gasteiger partial charge in [0, 0.05) is 18.9 Å². The fraction of sp³-hybridized carbons (Fsp3) is 0.200. The lowest BCUT2D eigenvalue weighted by Crippen LogP contribution is -2.30. The number of aromatic nitrogens is 1. The first-order chi connectivity index (χ1) is 9.75. The van der Waals surface area contributed by atoms with Crippen LogP contribution in [-0.2, 0) is 11.2 Å². The summed E-state index contributed by atoms with van der Waals surface area (Å²) in [6.45, 7) is 0.529. The van der Waals surface area contributed by atoms with Gasteiger partial charge in [-0.3, -0.25) is 9.78 Å². The van der Waals surface area contributed by atoms with E-state index >= 15 is 0 Å². The summed E-state index contributed by atoms with van der Waals surface area (Å²) in [7, 11) is 0. The van der Waals surface area contributed by atoms with Crippen LogP contribution in [0.3, 0.4) is 0 Å². The van der Waals surface area contributed by atoms with Gasteiger partial charge < -0.3 is 15.8 Å². The first kappa shape index (κ1) is 13.9. The molecule has 0 spiro atoms. The minimum absolute atomic E-state index is 0.0371. The fourth-order valence-electron chi connectivity index (χ4n) is 1.70. The molecule has 0 aliphatic carbocycles. The summed E-state index contributed by atoms with van der Waals surface area (Å²) in [4.78, 5) is 15.6. The second-order valence-electron chi connectivity index (χ2n) is 4.28. The number of anilines is 1. The van der Waals surface area contributed by atoms with E-state index in [0.29, 0.717) is 18.0 Å². The van der Waals surface area contributed by atoms with Crippen molar-refractivity contribution in [3.8, 4) is 5.75 Å². The third-order valence-corrected chi connectivity index (χ3v) is 2.76. The zero-order valence-corrected chi connectivity index (χ0v) is 11.1. The molecule has 5 heteroatoms. The van der Waals surface area contributed by atoms with Crippen LogP contribution in [0.15, 0.2) is 48.8 Å². The van der Waals surface area contributed by atoms with E-state index in [1.807, 2.05) is 24.3 Å². The highest BCUT2D eigenvalue weighted by atomic mass is 16.5. The maximum Gasteiger partial charge on any atom is 0.257 e. The van der Waals surface area contributed by atoms with E-state index < -0.39 is 0 Å². The van der Waals surface area contributed by atoms with Crippen LogP contribution in [0.2, 0.25) is 0 Å². The zero-order chi connectivity index (χ0) is 14.2. The van der Waals surface area contributed by atoms with E-state index in [2.05, 4.69) is 10.3 Å². The second kappa shape index (κ2) is 7.13. The Labute approximate surface area is 117 Å². The largest absolute Gasteiger partial charge is 0.482 e. The molecule has 0 unspecified atom stereocenters. The Balaban J connectivity index is 1.70. The molecule has 0 aliphatic rings. The van der Waals surface area contributed by atoms with Crippen LogP contribution in [-0.4, -0.2) is 24.0 Å². The third-order valence-electron chi connectivity index (χ3n) is 2.76. The number of nitrogens with two attached hydrogens (primary N) is 1. The van der Waals surface area contributed by atoms with E-state index in [4.69, 9.17) is 10.5 Å². The molecule has 20 heavy (non-hydrogen) atoms. The monoisotopic (exact) mass is 271 g/mol. The van der Waals surface area contributed by atoms with E-state index in [1.165, 1.54) is 0 Å². The number of carbonyl (C=O) groups excluding carboxylic acids is 1. The molecule has 0 atom stereocenters. The van der Waals surface area contributed by atoms with Gasteiger partial charge in [-0.05, 0) is 36.2 Å². The molecular weight excluding hydrogens is 254 g/mol. The molecule has 3 N–H and O–H groups in total. The summed E-state index contributed by atoms with van der Waals surface area (Å²) in [6.07, 6.45) is 4.23.